The van der Waals surface area contributed by atoms with Crippen LogP contribution in [0, 0.1) is 0 Å². The predicted molar refractivity (Wildman–Crippen MR) is 110 cm³/mol. The van der Waals surface area contributed by atoms with E-state index in [-0.39, 0.29) is 6.61 Å². The number of likely N-dealkylation sites (N-methyl/N-ethyl adjacent to an activating group) is 1. The molecule has 0 atom stereocenters. The Morgan fingerprint density at radius 2 is 1.88 bits per heavy atom. The molecule has 0 aliphatic rings. The molecule has 0 unspecified atom stereocenters. The lowest BCUT2D eigenvalue weighted by Gasteiger charge is -2.17. The second-order valence-corrected chi connectivity index (χ2v) is 6.05. The number of nitrogens with zero attached hydrogens (tertiary/aromatic N) is 2. The number of benzene rings is 2. The van der Waals surface area contributed by atoms with Crippen LogP contribution in [0.25, 0.3) is 0 Å². The average molecular weight is 372 g/mol. The molecule has 26 heavy (non-hydrogen) atoms. The number of thiocarbonyl (C=S) groups is 1. The first-order valence-electron chi connectivity index (χ1n) is 8.24. The zero-order valence-electron chi connectivity index (χ0n) is 15.0. The van der Waals surface area contributed by atoms with Gasteiger partial charge in [-0.3, -0.25) is 5.43 Å². The van der Waals surface area contributed by atoms with Crippen LogP contribution in [0.5, 0.6) is 5.75 Å². The number of rotatable bonds is 8. The van der Waals surface area contributed by atoms with E-state index in [1.54, 1.807) is 13.3 Å². The second kappa shape index (κ2) is 10.4. The standard InChI is InChI=1S/C19H24N4O2S/c1-23(11-12-24)17-7-3-16(4-8-17)14-21-22-19(26)20-13-15-5-9-18(25-2)10-6-15/h3-10,14,24H,11-13H2,1-2H3,(H2,20,22,26)/b21-14-. The topological polar surface area (TPSA) is 69.1 Å². The van der Waals surface area contributed by atoms with Crippen LogP contribution in [0.15, 0.2) is 53.6 Å². The molecule has 0 amide bonds. The van der Waals surface area contributed by atoms with E-state index in [9.17, 15) is 0 Å². The molecule has 0 radical (unpaired) electrons. The molecule has 7 heteroatoms. The molecule has 2 rings (SSSR count). The van der Waals surface area contributed by atoms with Gasteiger partial charge in [-0.05, 0) is 47.6 Å². The average Bonchev–Trinajstić information content (AvgIpc) is 2.67. The van der Waals surface area contributed by atoms with Crippen molar-refractivity contribution >= 4 is 29.2 Å². The monoisotopic (exact) mass is 372 g/mol. The summed E-state index contributed by atoms with van der Waals surface area (Å²) in [5.74, 6) is 0.827. The molecule has 0 heterocycles. The Balaban J connectivity index is 1.77. The Morgan fingerprint density at radius 3 is 2.50 bits per heavy atom. The van der Waals surface area contributed by atoms with Gasteiger partial charge in [0, 0.05) is 25.8 Å². The summed E-state index contributed by atoms with van der Waals surface area (Å²) >= 11 is 5.21. The minimum Gasteiger partial charge on any atom is -0.497 e. The van der Waals surface area contributed by atoms with Gasteiger partial charge in [-0.2, -0.15) is 5.10 Å². The fourth-order valence-electron chi connectivity index (χ4n) is 2.22. The smallest absolute Gasteiger partial charge is 0.187 e. The molecule has 0 saturated heterocycles. The van der Waals surface area contributed by atoms with Crippen molar-refractivity contribution in [1.82, 2.24) is 10.7 Å². The van der Waals surface area contributed by atoms with Crippen LogP contribution in [0.1, 0.15) is 11.1 Å². The van der Waals surface area contributed by atoms with E-state index in [2.05, 4.69) is 15.8 Å². The number of hydrogen-bond donors (Lipinski definition) is 3. The van der Waals surface area contributed by atoms with Crippen molar-refractivity contribution < 1.29 is 9.84 Å². The molecule has 0 spiro atoms. The third-order valence-electron chi connectivity index (χ3n) is 3.76. The maximum atomic E-state index is 8.97. The van der Waals surface area contributed by atoms with Crippen molar-refractivity contribution in [3.63, 3.8) is 0 Å². The highest BCUT2D eigenvalue weighted by Gasteiger charge is 1.99. The van der Waals surface area contributed by atoms with Crippen molar-refractivity contribution in [3.05, 3.63) is 59.7 Å². The number of aliphatic hydroxyl groups is 1. The molecular formula is C19H24N4O2S. The van der Waals surface area contributed by atoms with E-state index in [0.29, 0.717) is 18.2 Å². The highest BCUT2D eigenvalue weighted by atomic mass is 32.1. The van der Waals surface area contributed by atoms with Crippen molar-refractivity contribution in [3.8, 4) is 5.75 Å². The third kappa shape index (κ3) is 6.34. The summed E-state index contributed by atoms with van der Waals surface area (Å²) in [5, 5.41) is 16.7. The largest absolute Gasteiger partial charge is 0.497 e. The lowest BCUT2D eigenvalue weighted by Crippen LogP contribution is -2.31. The number of nitrogens with one attached hydrogen (secondary N) is 2. The Bertz CT molecular complexity index is 717. The summed E-state index contributed by atoms with van der Waals surface area (Å²) in [4.78, 5) is 1.98. The van der Waals surface area contributed by atoms with Crippen molar-refractivity contribution in [1.29, 1.82) is 0 Å². The fraction of sp³-hybridized carbons (Fsp3) is 0.263. The van der Waals surface area contributed by atoms with Crippen LogP contribution in [-0.2, 0) is 6.54 Å². The molecule has 0 saturated carbocycles. The van der Waals surface area contributed by atoms with Gasteiger partial charge in [0.25, 0.3) is 0 Å². The van der Waals surface area contributed by atoms with E-state index >= 15 is 0 Å². The fourth-order valence-corrected chi connectivity index (χ4v) is 2.35. The zero-order chi connectivity index (χ0) is 18.8. The molecule has 138 valence electrons. The number of hydrogen-bond acceptors (Lipinski definition) is 5. The third-order valence-corrected chi connectivity index (χ3v) is 4.00. The summed E-state index contributed by atoms with van der Waals surface area (Å²) in [7, 11) is 3.58. The lowest BCUT2D eigenvalue weighted by molar-refractivity contribution is 0.304. The molecule has 0 aromatic heterocycles. The molecule has 2 aromatic rings. The normalized spacial score (nSPS) is 10.6. The summed E-state index contributed by atoms with van der Waals surface area (Å²) in [6.45, 7) is 1.34. The van der Waals surface area contributed by atoms with E-state index in [4.69, 9.17) is 22.1 Å². The van der Waals surface area contributed by atoms with Gasteiger partial charge in [0.05, 0.1) is 19.9 Å². The van der Waals surface area contributed by atoms with Crippen LogP contribution in [-0.4, -0.2) is 43.7 Å². The quantitative estimate of drug-likeness (QED) is 0.375. The summed E-state index contributed by atoms with van der Waals surface area (Å²) in [6, 6.07) is 15.7. The van der Waals surface area contributed by atoms with Gasteiger partial charge >= 0.3 is 0 Å². The maximum absolute atomic E-state index is 8.97. The lowest BCUT2D eigenvalue weighted by atomic mass is 10.2. The van der Waals surface area contributed by atoms with Crippen LogP contribution in [0.2, 0.25) is 0 Å². The van der Waals surface area contributed by atoms with Gasteiger partial charge in [0.1, 0.15) is 5.75 Å². The first-order chi connectivity index (χ1) is 12.6. The number of hydrazone groups is 1. The molecular weight excluding hydrogens is 348 g/mol. The summed E-state index contributed by atoms with van der Waals surface area (Å²) in [6.07, 6.45) is 1.71. The van der Waals surface area contributed by atoms with Gasteiger partial charge in [0.2, 0.25) is 0 Å². The number of methoxy groups -OCH3 is 1. The van der Waals surface area contributed by atoms with Gasteiger partial charge in [-0.25, -0.2) is 0 Å². The Morgan fingerprint density at radius 1 is 1.19 bits per heavy atom. The second-order valence-electron chi connectivity index (χ2n) is 5.64. The van der Waals surface area contributed by atoms with Crippen molar-refractivity contribution in [2.75, 3.05) is 32.2 Å². The highest BCUT2D eigenvalue weighted by Crippen LogP contribution is 2.12. The number of ether oxygens (including phenoxy) is 1. The van der Waals surface area contributed by atoms with Gasteiger partial charge in [0.15, 0.2) is 5.11 Å². The van der Waals surface area contributed by atoms with E-state index < -0.39 is 0 Å². The SMILES string of the molecule is COc1ccc(CNC(=S)N/N=C\c2ccc(N(C)CCO)cc2)cc1. The number of aliphatic hydroxyl groups excluding tert-OH is 1. The van der Waals surface area contributed by atoms with Crippen molar-refractivity contribution in [2.45, 2.75) is 6.54 Å². The van der Waals surface area contributed by atoms with E-state index in [0.717, 1.165) is 22.6 Å². The van der Waals surface area contributed by atoms with E-state index in [1.807, 2.05) is 60.5 Å². The van der Waals surface area contributed by atoms with Crippen LogP contribution in [0.4, 0.5) is 5.69 Å². The molecule has 0 bridgehead atoms. The zero-order valence-corrected chi connectivity index (χ0v) is 15.8. The Hall–Kier alpha value is -2.64. The Kier molecular flexibility index (Phi) is 7.85. The maximum Gasteiger partial charge on any atom is 0.187 e. The van der Waals surface area contributed by atoms with Crippen molar-refractivity contribution in [2.24, 2.45) is 5.10 Å². The molecule has 0 fully saturated rings. The van der Waals surface area contributed by atoms with Crippen LogP contribution >= 0.6 is 12.2 Å². The highest BCUT2D eigenvalue weighted by molar-refractivity contribution is 7.80. The molecule has 3 N–H and O–H groups in total. The van der Waals surface area contributed by atoms with Gasteiger partial charge in [-0.1, -0.05) is 24.3 Å². The first-order valence-corrected chi connectivity index (χ1v) is 8.65. The summed E-state index contributed by atoms with van der Waals surface area (Å²) < 4.78 is 5.13. The van der Waals surface area contributed by atoms with Crippen LogP contribution in [0.3, 0.4) is 0 Å². The predicted octanol–water partition coefficient (Wildman–Crippen LogP) is 2.12. The molecule has 0 aliphatic heterocycles. The summed E-state index contributed by atoms with van der Waals surface area (Å²) in [5.41, 5.74) is 5.90. The number of anilines is 1. The van der Waals surface area contributed by atoms with E-state index in [1.165, 1.54) is 0 Å². The van der Waals surface area contributed by atoms with Crippen LogP contribution < -0.4 is 20.4 Å². The van der Waals surface area contributed by atoms with Gasteiger partial charge < -0.3 is 20.1 Å². The Labute approximate surface area is 159 Å². The minimum atomic E-state index is 0.130. The molecule has 0 aliphatic carbocycles. The molecule has 6 nitrogen and oxygen atoms in total. The first kappa shape index (κ1) is 19.7. The minimum absolute atomic E-state index is 0.130. The molecule has 2 aromatic carbocycles. The van der Waals surface area contributed by atoms with Gasteiger partial charge in [-0.15, -0.1) is 0 Å².